The summed E-state index contributed by atoms with van der Waals surface area (Å²) in [5.74, 6) is -2.07. The van der Waals surface area contributed by atoms with Crippen LogP contribution in [0.2, 0.25) is 0 Å². The Morgan fingerprint density at radius 2 is 1.68 bits per heavy atom. The van der Waals surface area contributed by atoms with Crippen LogP contribution in [0.1, 0.15) is 78.7 Å². The molecule has 0 radical (unpaired) electrons. The summed E-state index contributed by atoms with van der Waals surface area (Å²) < 4.78 is 0. The Balaban J connectivity index is 0.000000508. The number of aliphatic carboxylic acids is 2. The Hall–Kier alpha value is -3.80. The molecular weight excluding hydrogens is 526 g/mol. The van der Waals surface area contributed by atoms with E-state index in [0.29, 0.717) is 19.4 Å². The third kappa shape index (κ3) is 12.1. The summed E-state index contributed by atoms with van der Waals surface area (Å²) in [6.45, 7) is 8.45. The number of hydrogen-bond donors (Lipinski definition) is 7. The number of fused-ring (bicyclic) bond motifs is 2. The number of carboxylic acids is 2. The molecule has 0 bridgehead atoms. The van der Waals surface area contributed by atoms with Crippen LogP contribution >= 0.6 is 0 Å². The van der Waals surface area contributed by atoms with E-state index in [4.69, 9.17) is 32.4 Å². The van der Waals surface area contributed by atoms with Crippen molar-refractivity contribution in [1.82, 2.24) is 4.98 Å². The van der Waals surface area contributed by atoms with E-state index in [1.807, 2.05) is 26.8 Å². The number of pyridine rings is 1. The van der Waals surface area contributed by atoms with Gasteiger partial charge in [0.1, 0.15) is 6.04 Å². The predicted molar refractivity (Wildman–Crippen MR) is 161 cm³/mol. The maximum atomic E-state index is 10.6. The first-order valence-electron chi connectivity index (χ1n) is 13.7. The Kier molecular flexibility index (Phi) is 15.3. The minimum absolute atomic E-state index is 0.00730. The van der Waals surface area contributed by atoms with Gasteiger partial charge in [0.15, 0.2) is 5.96 Å². The summed E-state index contributed by atoms with van der Waals surface area (Å²) >= 11 is 0. The van der Waals surface area contributed by atoms with Gasteiger partial charge in [0, 0.05) is 30.8 Å². The molecule has 3 unspecified atom stereocenters. The summed E-state index contributed by atoms with van der Waals surface area (Å²) in [5.41, 5.74) is 23.3. The number of guanidine groups is 1. The SMILES string of the molecule is CC.Cc1nc2c(c(C)c1/C=C/C(O)CC(O)CC(=O)O)Cc1ccccc1C2.NC(N)=NCCCC(N)C(=O)O. The second kappa shape index (κ2) is 17.8. The minimum atomic E-state index is -1.08. The van der Waals surface area contributed by atoms with Crippen molar-refractivity contribution in [2.24, 2.45) is 22.2 Å². The van der Waals surface area contributed by atoms with Gasteiger partial charge in [0.25, 0.3) is 0 Å². The second-order valence-corrected chi connectivity index (χ2v) is 9.59. The Morgan fingerprint density at radius 3 is 2.24 bits per heavy atom. The number of aromatic nitrogens is 1. The standard InChI is InChI=1S/C22H25NO4.C6H14N4O2.C2H6/c1-13-19(8-7-17(24)11-18(25)12-22(26)27)14(2)23-21-10-16-6-4-3-5-15(16)9-20(13)21;7-4(5(11)12)2-1-3-10-6(8)9;1-2/h3-8,17-18,24-25H,9-12H2,1-2H3,(H,26,27);4H,1-3,7H2,(H,11,12)(H4,8,9,10);1-2H3/b8-7+;;. The first kappa shape index (κ1) is 35.2. The monoisotopic (exact) mass is 571 g/mol. The lowest BCUT2D eigenvalue weighted by Gasteiger charge is -2.23. The third-order valence-electron chi connectivity index (χ3n) is 6.43. The van der Waals surface area contributed by atoms with Gasteiger partial charge in [0.2, 0.25) is 0 Å². The number of benzene rings is 1. The zero-order valence-electron chi connectivity index (χ0n) is 24.4. The van der Waals surface area contributed by atoms with Gasteiger partial charge in [0.05, 0.1) is 18.6 Å². The smallest absolute Gasteiger partial charge is 0.320 e. The van der Waals surface area contributed by atoms with Gasteiger partial charge in [-0.05, 0) is 60.9 Å². The van der Waals surface area contributed by atoms with Crippen molar-refractivity contribution in [3.63, 3.8) is 0 Å². The number of hydrogen-bond acceptors (Lipinski definition) is 7. The highest BCUT2D eigenvalue weighted by Crippen LogP contribution is 2.31. The van der Waals surface area contributed by atoms with Gasteiger partial charge < -0.3 is 37.6 Å². The van der Waals surface area contributed by atoms with Crippen LogP contribution < -0.4 is 17.2 Å². The Bertz CT molecular complexity index is 1210. The van der Waals surface area contributed by atoms with Crippen LogP contribution in [0.25, 0.3) is 6.08 Å². The number of nitrogens with zero attached hydrogens (tertiary/aromatic N) is 2. The fraction of sp³-hybridized carbons (Fsp3) is 0.467. The van der Waals surface area contributed by atoms with Gasteiger partial charge >= 0.3 is 11.9 Å². The van der Waals surface area contributed by atoms with Gasteiger partial charge in [-0.3, -0.25) is 19.6 Å². The lowest BCUT2D eigenvalue weighted by molar-refractivity contribution is -0.140. The second-order valence-electron chi connectivity index (χ2n) is 9.59. The van der Waals surface area contributed by atoms with Crippen LogP contribution in [0.4, 0.5) is 0 Å². The Labute approximate surface area is 241 Å². The van der Waals surface area contributed by atoms with E-state index >= 15 is 0 Å². The van der Waals surface area contributed by atoms with Gasteiger partial charge in [-0.2, -0.15) is 0 Å². The average molecular weight is 572 g/mol. The van der Waals surface area contributed by atoms with Gasteiger partial charge in [-0.25, -0.2) is 0 Å². The highest BCUT2D eigenvalue weighted by atomic mass is 16.4. The normalized spacial score (nSPS) is 13.7. The van der Waals surface area contributed by atoms with Crippen molar-refractivity contribution < 1.29 is 30.0 Å². The fourth-order valence-corrected chi connectivity index (χ4v) is 4.37. The number of carbonyl (C=O) groups is 2. The van der Waals surface area contributed by atoms with Crippen molar-refractivity contribution in [2.75, 3.05) is 6.54 Å². The van der Waals surface area contributed by atoms with Crippen molar-refractivity contribution in [1.29, 1.82) is 0 Å². The third-order valence-corrected chi connectivity index (χ3v) is 6.43. The quantitative estimate of drug-likeness (QED) is 0.101. The molecule has 0 saturated heterocycles. The molecule has 1 aromatic carbocycles. The largest absolute Gasteiger partial charge is 0.481 e. The van der Waals surface area contributed by atoms with E-state index in [1.165, 1.54) is 16.7 Å². The van der Waals surface area contributed by atoms with E-state index in [2.05, 4.69) is 36.2 Å². The molecule has 0 saturated carbocycles. The fourth-order valence-electron chi connectivity index (χ4n) is 4.37. The van der Waals surface area contributed by atoms with Crippen LogP contribution in [0, 0.1) is 13.8 Å². The van der Waals surface area contributed by atoms with Crippen LogP contribution in [-0.4, -0.2) is 68.1 Å². The molecule has 0 aliphatic heterocycles. The number of aryl methyl sites for hydroxylation is 1. The van der Waals surface area contributed by atoms with Crippen LogP contribution in [0.3, 0.4) is 0 Å². The molecule has 11 nitrogen and oxygen atoms in total. The van der Waals surface area contributed by atoms with E-state index in [9.17, 15) is 19.8 Å². The number of nitrogens with two attached hydrogens (primary N) is 3. The molecule has 2 aromatic rings. The zero-order valence-corrected chi connectivity index (χ0v) is 24.4. The summed E-state index contributed by atoms with van der Waals surface area (Å²) in [7, 11) is 0. The Morgan fingerprint density at radius 1 is 1.07 bits per heavy atom. The van der Waals surface area contributed by atoms with Crippen LogP contribution in [0.15, 0.2) is 35.3 Å². The first-order chi connectivity index (χ1) is 19.4. The van der Waals surface area contributed by atoms with Gasteiger partial charge in [-0.15, -0.1) is 0 Å². The molecule has 0 amide bonds. The van der Waals surface area contributed by atoms with Crippen molar-refractivity contribution in [2.45, 2.75) is 84.5 Å². The number of carboxylic acid groups (broad SMARTS) is 2. The van der Waals surface area contributed by atoms with Crippen LogP contribution in [-0.2, 0) is 22.4 Å². The zero-order chi connectivity index (χ0) is 31.1. The van der Waals surface area contributed by atoms with Crippen LogP contribution in [0.5, 0.6) is 0 Å². The molecule has 0 fully saturated rings. The number of aliphatic hydroxyl groups is 2. The van der Waals surface area contributed by atoms with E-state index in [1.54, 1.807) is 6.08 Å². The summed E-state index contributed by atoms with van der Waals surface area (Å²) in [4.78, 5) is 29.3. The molecule has 3 atom stereocenters. The average Bonchev–Trinajstić information content (AvgIpc) is 2.90. The molecule has 1 aliphatic rings. The molecule has 1 aromatic heterocycles. The summed E-state index contributed by atoms with van der Waals surface area (Å²) in [5, 5.41) is 36.8. The minimum Gasteiger partial charge on any atom is -0.481 e. The number of aliphatic imine (C=N–C) groups is 1. The van der Waals surface area contributed by atoms with E-state index in [-0.39, 0.29) is 18.8 Å². The molecule has 10 N–H and O–H groups in total. The van der Waals surface area contributed by atoms with Crippen molar-refractivity contribution >= 4 is 24.0 Å². The lowest BCUT2D eigenvalue weighted by atomic mass is 9.85. The molecule has 1 aliphatic carbocycles. The highest BCUT2D eigenvalue weighted by molar-refractivity contribution is 5.75. The molecule has 1 heterocycles. The molecule has 41 heavy (non-hydrogen) atoms. The highest BCUT2D eigenvalue weighted by Gasteiger charge is 2.21. The molecule has 11 heteroatoms. The first-order valence-corrected chi connectivity index (χ1v) is 13.7. The van der Waals surface area contributed by atoms with Crippen molar-refractivity contribution in [3.8, 4) is 0 Å². The lowest BCUT2D eigenvalue weighted by Crippen LogP contribution is -2.30. The van der Waals surface area contributed by atoms with E-state index < -0.39 is 30.2 Å². The van der Waals surface area contributed by atoms with Gasteiger partial charge in [-0.1, -0.05) is 50.3 Å². The summed E-state index contributed by atoms with van der Waals surface area (Å²) in [6, 6.07) is 7.60. The van der Waals surface area contributed by atoms with E-state index in [0.717, 1.165) is 35.4 Å². The maximum Gasteiger partial charge on any atom is 0.320 e. The topological polar surface area (TPSA) is 218 Å². The molecular formula is C30H45N5O6. The predicted octanol–water partition coefficient (Wildman–Crippen LogP) is 2.27. The number of rotatable bonds is 11. The molecule has 0 spiro atoms. The number of aliphatic hydroxyl groups excluding tert-OH is 2. The maximum absolute atomic E-state index is 10.6. The molecule has 226 valence electrons. The molecule has 3 rings (SSSR count). The van der Waals surface area contributed by atoms with Crippen molar-refractivity contribution in [3.05, 3.63) is 69.5 Å². The summed E-state index contributed by atoms with van der Waals surface area (Å²) in [6.07, 6.45) is 3.72.